The highest BCUT2D eigenvalue weighted by molar-refractivity contribution is 5.95. The Morgan fingerprint density at radius 3 is 2.56 bits per heavy atom. The van der Waals surface area contributed by atoms with Crippen molar-refractivity contribution in [2.24, 2.45) is 0 Å². The number of amides is 1. The topological polar surface area (TPSA) is 70.2 Å². The molecule has 1 fully saturated rings. The Balaban J connectivity index is 1.90. The Kier molecular flexibility index (Phi) is 5.51. The summed E-state index contributed by atoms with van der Waals surface area (Å²) in [7, 11) is 0. The molecule has 0 radical (unpaired) electrons. The van der Waals surface area contributed by atoms with Crippen LogP contribution < -0.4 is 15.5 Å². The Bertz CT molecular complexity index is 1040. The van der Waals surface area contributed by atoms with Gasteiger partial charge in [-0.25, -0.2) is 9.97 Å². The van der Waals surface area contributed by atoms with Crippen LogP contribution in [-0.4, -0.2) is 47.7 Å². The number of nitrogens with zero attached hydrogens (tertiary/aromatic N) is 3. The number of hydrogen-bond donors (Lipinski definition) is 2. The van der Waals surface area contributed by atoms with E-state index >= 15 is 0 Å². The number of fused-ring (bicyclic) bond motifs is 1. The van der Waals surface area contributed by atoms with Gasteiger partial charge in [0, 0.05) is 49.4 Å². The van der Waals surface area contributed by atoms with Gasteiger partial charge < -0.3 is 15.5 Å². The first-order chi connectivity index (χ1) is 14.9. The molecule has 0 unspecified atom stereocenters. The normalized spacial score (nSPS) is 21.8. The number of nitrogens with one attached hydrogen (secondary N) is 2. The lowest BCUT2D eigenvalue weighted by molar-refractivity contribution is -0.156. The van der Waals surface area contributed by atoms with Gasteiger partial charge in [0.05, 0.1) is 17.2 Å². The summed E-state index contributed by atoms with van der Waals surface area (Å²) in [4.78, 5) is 21.6. The number of halogens is 6. The zero-order valence-corrected chi connectivity index (χ0v) is 16.8. The van der Waals surface area contributed by atoms with Crippen molar-refractivity contribution in [1.82, 2.24) is 15.3 Å². The Hall–Kier alpha value is -2.89. The van der Waals surface area contributed by atoms with E-state index in [1.54, 1.807) is 4.90 Å². The average molecular weight is 459 g/mol. The first kappa shape index (κ1) is 22.3. The van der Waals surface area contributed by atoms with Gasteiger partial charge in [0.2, 0.25) is 5.91 Å². The van der Waals surface area contributed by atoms with Crippen LogP contribution in [0.5, 0.6) is 0 Å². The molecule has 0 aliphatic carbocycles. The molecule has 2 aliphatic heterocycles. The summed E-state index contributed by atoms with van der Waals surface area (Å²) in [5.41, 5.74) is -1.80. The second-order valence-corrected chi connectivity index (χ2v) is 7.87. The lowest BCUT2D eigenvalue weighted by Crippen LogP contribution is -2.49. The van der Waals surface area contributed by atoms with Crippen molar-refractivity contribution in [3.8, 4) is 11.3 Å². The van der Waals surface area contributed by atoms with E-state index in [9.17, 15) is 31.1 Å². The lowest BCUT2D eigenvalue weighted by Gasteiger charge is -2.33. The molecule has 12 heteroatoms. The van der Waals surface area contributed by atoms with Crippen LogP contribution in [0.15, 0.2) is 24.4 Å². The predicted molar refractivity (Wildman–Crippen MR) is 104 cm³/mol. The van der Waals surface area contributed by atoms with Crippen molar-refractivity contribution in [3.63, 3.8) is 0 Å². The molecule has 0 aromatic carbocycles. The van der Waals surface area contributed by atoms with Crippen molar-refractivity contribution in [2.45, 2.75) is 37.7 Å². The summed E-state index contributed by atoms with van der Waals surface area (Å²) >= 11 is 0. The van der Waals surface area contributed by atoms with Crippen LogP contribution in [-0.2, 0) is 11.0 Å². The van der Waals surface area contributed by atoms with Crippen LogP contribution in [0, 0.1) is 0 Å². The largest absolute Gasteiger partial charge is 0.416 e. The molecule has 32 heavy (non-hydrogen) atoms. The minimum absolute atomic E-state index is 0.00190. The van der Waals surface area contributed by atoms with E-state index in [-0.39, 0.29) is 34.5 Å². The van der Waals surface area contributed by atoms with E-state index in [1.807, 2.05) is 6.92 Å². The summed E-state index contributed by atoms with van der Waals surface area (Å²) in [6.07, 6.45) is -9.25. The second kappa shape index (κ2) is 7.91. The molecule has 172 valence electrons. The summed E-state index contributed by atoms with van der Waals surface area (Å²) in [6, 6.07) is 2.83. The van der Waals surface area contributed by atoms with E-state index in [1.165, 1.54) is 6.07 Å². The minimum atomic E-state index is -4.79. The van der Waals surface area contributed by atoms with Crippen molar-refractivity contribution in [2.75, 3.05) is 29.9 Å². The third kappa shape index (κ3) is 4.36. The standard InChI is InChI=1S/C20H19F6N5O/c1-10-9-31(5-4-27-10)15-7-11(19(21,22)23)6-14(29-15)12-2-3-28-18-17(12)13(20(24,25)26)8-16(32)30-18/h2-3,6-7,10,13,27H,4-5,8-9H2,1H3,(H,28,30,32)/t10-,13+/m0/s1. The number of piperazine rings is 1. The quantitative estimate of drug-likeness (QED) is 0.666. The van der Waals surface area contributed by atoms with Crippen LogP contribution in [0.25, 0.3) is 11.3 Å². The van der Waals surface area contributed by atoms with Crippen LogP contribution in [0.2, 0.25) is 0 Å². The number of rotatable bonds is 2. The number of alkyl halides is 6. The molecule has 2 N–H and O–H groups in total. The van der Waals surface area contributed by atoms with Crippen LogP contribution in [0.1, 0.15) is 30.4 Å². The summed E-state index contributed by atoms with van der Waals surface area (Å²) in [5, 5.41) is 5.46. The molecular formula is C20H19F6N5O. The highest BCUT2D eigenvalue weighted by Crippen LogP contribution is 2.47. The summed E-state index contributed by atoms with van der Waals surface area (Å²) < 4.78 is 82.2. The fourth-order valence-corrected chi connectivity index (χ4v) is 4.02. The predicted octanol–water partition coefficient (Wildman–Crippen LogP) is 3.95. The lowest BCUT2D eigenvalue weighted by atomic mass is 9.87. The molecule has 0 spiro atoms. The summed E-state index contributed by atoms with van der Waals surface area (Å²) in [5.74, 6) is -3.36. The molecule has 4 rings (SSSR count). The highest BCUT2D eigenvalue weighted by Gasteiger charge is 2.47. The van der Waals surface area contributed by atoms with Gasteiger partial charge >= 0.3 is 12.4 Å². The number of carbonyl (C=O) groups is 1. The van der Waals surface area contributed by atoms with Gasteiger partial charge in [-0.05, 0) is 25.1 Å². The van der Waals surface area contributed by atoms with Gasteiger partial charge in [-0.3, -0.25) is 4.79 Å². The number of hydrogen-bond acceptors (Lipinski definition) is 5. The third-order valence-corrected chi connectivity index (χ3v) is 5.49. The zero-order valence-electron chi connectivity index (χ0n) is 16.8. The third-order valence-electron chi connectivity index (χ3n) is 5.49. The number of aromatic nitrogens is 2. The maximum Gasteiger partial charge on any atom is 0.416 e. The van der Waals surface area contributed by atoms with Crippen molar-refractivity contribution < 1.29 is 31.1 Å². The van der Waals surface area contributed by atoms with Gasteiger partial charge in [0.1, 0.15) is 11.6 Å². The van der Waals surface area contributed by atoms with Crippen LogP contribution in [0.4, 0.5) is 38.0 Å². The van der Waals surface area contributed by atoms with Crippen LogP contribution in [0.3, 0.4) is 0 Å². The molecule has 2 aromatic heterocycles. The Morgan fingerprint density at radius 2 is 1.91 bits per heavy atom. The number of carbonyl (C=O) groups excluding carboxylic acids is 1. The highest BCUT2D eigenvalue weighted by atomic mass is 19.4. The SMILES string of the molecule is C[C@H]1CN(c2cc(C(F)(F)F)cc(-c3ccnc4c3[C@H](C(F)(F)F)CC(=O)N4)n2)CCN1. The van der Waals surface area contributed by atoms with Gasteiger partial charge in [-0.2, -0.15) is 26.3 Å². The summed E-state index contributed by atoms with van der Waals surface area (Å²) in [6.45, 7) is 3.19. The fraction of sp³-hybridized carbons (Fsp3) is 0.450. The zero-order chi connectivity index (χ0) is 23.3. The Labute approximate surface area is 179 Å². The molecule has 2 atom stereocenters. The molecule has 2 aliphatic rings. The van der Waals surface area contributed by atoms with Gasteiger partial charge in [-0.15, -0.1) is 0 Å². The molecule has 0 saturated carbocycles. The number of pyridine rings is 2. The minimum Gasteiger partial charge on any atom is -0.354 e. The molecule has 1 amide bonds. The van der Waals surface area contributed by atoms with Gasteiger partial charge in [-0.1, -0.05) is 0 Å². The fourth-order valence-electron chi connectivity index (χ4n) is 4.02. The first-order valence-corrected chi connectivity index (χ1v) is 9.87. The van der Waals surface area contributed by atoms with E-state index < -0.39 is 36.2 Å². The van der Waals surface area contributed by atoms with Gasteiger partial charge in [0.15, 0.2) is 0 Å². The molecule has 4 heterocycles. The van der Waals surface area contributed by atoms with Gasteiger partial charge in [0.25, 0.3) is 0 Å². The van der Waals surface area contributed by atoms with Crippen molar-refractivity contribution >= 4 is 17.5 Å². The smallest absolute Gasteiger partial charge is 0.354 e. The maximum atomic E-state index is 13.7. The maximum absolute atomic E-state index is 13.7. The molecule has 1 saturated heterocycles. The van der Waals surface area contributed by atoms with E-state index in [0.717, 1.165) is 18.3 Å². The van der Waals surface area contributed by atoms with Crippen molar-refractivity contribution in [1.29, 1.82) is 0 Å². The molecule has 0 bridgehead atoms. The number of anilines is 2. The van der Waals surface area contributed by atoms with E-state index in [2.05, 4.69) is 20.6 Å². The van der Waals surface area contributed by atoms with E-state index in [4.69, 9.17) is 0 Å². The Morgan fingerprint density at radius 1 is 1.16 bits per heavy atom. The van der Waals surface area contributed by atoms with E-state index in [0.29, 0.717) is 19.6 Å². The molecule has 6 nitrogen and oxygen atoms in total. The molecule has 2 aromatic rings. The monoisotopic (exact) mass is 459 g/mol. The molecular weight excluding hydrogens is 440 g/mol. The van der Waals surface area contributed by atoms with Crippen LogP contribution >= 0.6 is 0 Å². The average Bonchev–Trinajstić information content (AvgIpc) is 2.71. The van der Waals surface area contributed by atoms with Crippen molar-refractivity contribution in [3.05, 3.63) is 35.5 Å². The first-order valence-electron chi connectivity index (χ1n) is 9.87. The second-order valence-electron chi connectivity index (χ2n) is 7.87.